The summed E-state index contributed by atoms with van der Waals surface area (Å²) in [5, 5.41) is 11.1. The standard InChI is InChI=1S/C19H25F2N5O2S/c1-5-8-29(27,28)24-15-7-6-14(20)19(18(15)21)26-10-16(23-25-26)17(12(3)22-4)13-9-11(13)2/h6-7,10-11,13,22,24H,5,8-9H2,1-4H3/b17-12+. The Morgan fingerprint density at radius 2 is 2.03 bits per heavy atom. The fraction of sp³-hybridized carbons (Fsp3) is 0.474. The van der Waals surface area contributed by atoms with Crippen molar-refractivity contribution in [3.63, 3.8) is 0 Å². The van der Waals surface area contributed by atoms with Gasteiger partial charge in [0.2, 0.25) is 10.0 Å². The molecule has 1 heterocycles. The van der Waals surface area contributed by atoms with Gasteiger partial charge in [0.05, 0.1) is 17.6 Å². The van der Waals surface area contributed by atoms with Crippen molar-refractivity contribution in [2.45, 2.75) is 33.6 Å². The first kappa shape index (κ1) is 21.2. The fourth-order valence-electron chi connectivity index (χ4n) is 3.33. The highest BCUT2D eigenvalue weighted by Crippen LogP contribution is 2.48. The van der Waals surface area contributed by atoms with E-state index in [4.69, 9.17) is 0 Å². The van der Waals surface area contributed by atoms with E-state index in [1.165, 1.54) is 6.20 Å². The first-order valence-corrected chi connectivity index (χ1v) is 11.1. The molecule has 1 aromatic heterocycles. The number of allylic oxidation sites excluding steroid dienone is 2. The topological polar surface area (TPSA) is 88.9 Å². The Morgan fingerprint density at radius 3 is 2.62 bits per heavy atom. The van der Waals surface area contributed by atoms with Crippen molar-refractivity contribution in [3.8, 4) is 5.69 Å². The van der Waals surface area contributed by atoms with Gasteiger partial charge in [0.1, 0.15) is 11.4 Å². The summed E-state index contributed by atoms with van der Waals surface area (Å²) in [6.45, 7) is 5.74. The van der Waals surface area contributed by atoms with Crippen molar-refractivity contribution in [3.05, 3.63) is 41.4 Å². The predicted molar refractivity (Wildman–Crippen MR) is 108 cm³/mol. The van der Waals surface area contributed by atoms with Gasteiger partial charge in [-0.15, -0.1) is 5.10 Å². The summed E-state index contributed by atoms with van der Waals surface area (Å²) in [5.41, 5.74) is 1.61. The van der Waals surface area contributed by atoms with Crippen LogP contribution < -0.4 is 10.0 Å². The zero-order chi connectivity index (χ0) is 21.3. The van der Waals surface area contributed by atoms with Crippen LogP contribution in [0.15, 0.2) is 24.0 Å². The lowest BCUT2D eigenvalue weighted by atomic mass is 10.0. The second kappa shape index (κ2) is 8.10. The molecule has 0 spiro atoms. The zero-order valence-electron chi connectivity index (χ0n) is 16.8. The molecule has 1 saturated carbocycles. The van der Waals surface area contributed by atoms with Gasteiger partial charge in [0.25, 0.3) is 0 Å². The summed E-state index contributed by atoms with van der Waals surface area (Å²) >= 11 is 0. The molecule has 2 unspecified atom stereocenters. The first-order valence-electron chi connectivity index (χ1n) is 9.48. The monoisotopic (exact) mass is 425 g/mol. The lowest BCUT2D eigenvalue weighted by molar-refractivity contribution is 0.558. The van der Waals surface area contributed by atoms with Crippen molar-refractivity contribution >= 4 is 21.3 Å². The Hall–Kier alpha value is -2.49. The SMILES string of the molecule is CCCS(=O)(=O)Nc1ccc(F)c(-n2cc(/C(=C(\C)NC)C3CC3C)nn2)c1F. The molecule has 29 heavy (non-hydrogen) atoms. The van der Waals surface area contributed by atoms with Gasteiger partial charge in [0.15, 0.2) is 11.6 Å². The molecule has 7 nitrogen and oxygen atoms in total. The van der Waals surface area contributed by atoms with Crippen molar-refractivity contribution in [2.75, 3.05) is 17.5 Å². The fourth-order valence-corrected chi connectivity index (χ4v) is 4.47. The summed E-state index contributed by atoms with van der Waals surface area (Å²) in [7, 11) is -1.92. The molecule has 0 bridgehead atoms. The third kappa shape index (κ3) is 4.42. The summed E-state index contributed by atoms with van der Waals surface area (Å²) in [6.07, 6.45) is 2.85. The molecule has 2 aromatic rings. The Labute approximate surface area is 169 Å². The van der Waals surface area contributed by atoms with E-state index in [0.717, 1.165) is 34.5 Å². The molecule has 0 radical (unpaired) electrons. The van der Waals surface area contributed by atoms with E-state index in [-0.39, 0.29) is 11.4 Å². The number of nitrogens with one attached hydrogen (secondary N) is 2. The maximum atomic E-state index is 15.0. The molecular weight excluding hydrogens is 400 g/mol. The highest BCUT2D eigenvalue weighted by molar-refractivity contribution is 7.92. The third-order valence-electron chi connectivity index (χ3n) is 5.06. The van der Waals surface area contributed by atoms with E-state index in [1.807, 2.05) is 6.92 Å². The Kier molecular flexibility index (Phi) is 5.92. The van der Waals surface area contributed by atoms with Crippen LogP contribution in [0.25, 0.3) is 11.3 Å². The van der Waals surface area contributed by atoms with Crippen LogP contribution in [0.5, 0.6) is 0 Å². The van der Waals surface area contributed by atoms with Gasteiger partial charge in [-0.2, -0.15) is 0 Å². The normalized spacial score (nSPS) is 19.7. The lowest BCUT2D eigenvalue weighted by Gasteiger charge is -2.12. The molecule has 3 rings (SSSR count). The van der Waals surface area contributed by atoms with Crippen LogP contribution in [0.4, 0.5) is 14.5 Å². The highest BCUT2D eigenvalue weighted by Gasteiger charge is 2.38. The number of nitrogens with zero attached hydrogens (tertiary/aromatic N) is 3. The quantitative estimate of drug-likeness (QED) is 0.677. The van der Waals surface area contributed by atoms with Crippen LogP contribution >= 0.6 is 0 Å². The molecule has 0 amide bonds. The van der Waals surface area contributed by atoms with Crippen LogP contribution in [0.2, 0.25) is 0 Å². The van der Waals surface area contributed by atoms with Gasteiger partial charge in [-0.05, 0) is 43.7 Å². The van der Waals surface area contributed by atoms with Gasteiger partial charge in [0, 0.05) is 18.3 Å². The van der Waals surface area contributed by atoms with Gasteiger partial charge in [-0.1, -0.05) is 19.1 Å². The van der Waals surface area contributed by atoms with Crippen LogP contribution in [-0.4, -0.2) is 36.2 Å². The van der Waals surface area contributed by atoms with Crippen molar-refractivity contribution < 1.29 is 17.2 Å². The first-order chi connectivity index (χ1) is 13.7. The van der Waals surface area contributed by atoms with Gasteiger partial charge < -0.3 is 5.32 Å². The second-order valence-corrected chi connectivity index (χ2v) is 9.18. The van der Waals surface area contributed by atoms with Crippen LogP contribution in [-0.2, 0) is 10.0 Å². The molecule has 1 aliphatic carbocycles. The summed E-state index contributed by atoms with van der Waals surface area (Å²) in [5.74, 6) is -1.26. The van der Waals surface area contributed by atoms with Gasteiger partial charge in [-0.25, -0.2) is 21.9 Å². The number of aromatic nitrogens is 3. The van der Waals surface area contributed by atoms with E-state index in [1.54, 1.807) is 14.0 Å². The van der Waals surface area contributed by atoms with Crippen molar-refractivity contribution in [2.24, 2.45) is 11.8 Å². The maximum absolute atomic E-state index is 15.0. The van der Waals surface area contributed by atoms with Gasteiger partial charge >= 0.3 is 0 Å². The molecule has 2 atom stereocenters. The van der Waals surface area contributed by atoms with Crippen LogP contribution in [0.1, 0.15) is 39.3 Å². The molecule has 1 aromatic carbocycles. The minimum atomic E-state index is -3.72. The van der Waals surface area contributed by atoms with E-state index < -0.39 is 27.3 Å². The number of halogens is 2. The Morgan fingerprint density at radius 1 is 1.34 bits per heavy atom. The number of hydrogen-bond donors (Lipinski definition) is 2. The summed E-state index contributed by atoms with van der Waals surface area (Å²) < 4.78 is 56.5. The third-order valence-corrected chi connectivity index (χ3v) is 6.54. The van der Waals surface area contributed by atoms with Gasteiger partial charge in [-0.3, -0.25) is 4.72 Å². The molecule has 1 aliphatic rings. The highest BCUT2D eigenvalue weighted by atomic mass is 32.2. The predicted octanol–water partition coefficient (Wildman–Crippen LogP) is 3.30. The number of hydrogen-bond acceptors (Lipinski definition) is 5. The molecule has 10 heteroatoms. The van der Waals surface area contributed by atoms with Crippen molar-refractivity contribution in [1.29, 1.82) is 0 Å². The molecule has 0 saturated heterocycles. The smallest absolute Gasteiger partial charge is 0.232 e. The minimum absolute atomic E-state index is 0.163. The average Bonchev–Trinajstić information content (AvgIpc) is 3.16. The van der Waals surface area contributed by atoms with E-state index in [2.05, 4.69) is 27.3 Å². The van der Waals surface area contributed by atoms with Crippen LogP contribution in [0, 0.1) is 23.5 Å². The zero-order valence-corrected chi connectivity index (χ0v) is 17.6. The molecule has 0 aliphatic heterocycles. The summed E-state index contributed by atoms with van der Waals surface area (Å²) in [4.78, 5) is 0. The number of anilines is 1. The van der Waals surface area contributed by atoms with Crippen molar-refractivity contribution in [1.82, 2.24) is 20.3 Å². The Balaban J connectivity index is 2.01. The average molecular weight is 426 g/mol. The maximum Gasteiger partial charge on any atom is 0.232 e. The molecule has 2 N–H and O–H groups in total. The summed E-state index contributed by atoms with van der Waals surface area (Å²) in [6, 6.07) is 2.06. The van der Waals surface area contributed by atoms with E-state index in [0.29, 0.717) is 24.0 Å². The number of benzene rings is 1. The largest absolute Gasteiger partial charge is 0.391 e. The van der Waals surface area contributed by atoms with E-state index in [9.17, 15) is 17.2 Å². The molecule has 1 fully saturated rings. The molecular formula is C19H25F2N5O2S. The second-order valence-electron chi connectivity index (χ2n) is 7.33. The number of rotatable bonds is 8. The Bertz CT molecular complexity index is 1050. The van der Waals surface area contributed by atoms with E-state index >= 15 is 0 Å². The number of sulfonamides is 1. The molecule has 158 valence electrons. The minimum Gasteiger partial charge on any atom is -0.391 e. The lowest BCUT2D eigenvalue weighted by Crippen LogP contribution is -2.18. The van der Waals surface area contributed by atoms with Crippen LogP contribution in [0.3, 0.4) is 0 Å².